The monoisotopic (exact) mass is 439 g/mol. The van der Waals surface area contributed by atoms with Crippen LogP contribution in [0.25, 0.3) is 10.1 Å². The predicted molar refractivity (Wildman–Crippen MR) is 107 cm³/mol. The topological polar surface area (TPSA) is 118 Å². The van der Waals surface area contributed by atoms with E-state index in [0.29, 0.717) is 9.90 Å². The summed E-state index contributed by atoms with van der Waals surface area (Å²) in [5.41, 5.74) is -0.324. The molecule has 0 aliphatic carbocycles. The van der Waals surface area contributed by atoms with Crippen LogP contribution in [0.15, 0.2) is 53.4 Å². The molecular weight excluding hydrogens is 426 g/mol. The van der Waals surface area contributed by atoms with E-state index >= 15 is 0 Å². The lowest BCUT2D eigenvalue weighted by atomic mass is 10.2. The minimum Gasteiger partial charge on any atom is -0.350 e. The fourth-order valence-corrected chi connectivity index (χ4v) is 4.95. The van der Waals surface area contributed by atoms with Gasteiger partial charge in [0.25, 0.3) is 11.6 Å². The highest BCUT2D eigenvalue weighted by atomic mass is 35.5. The number of thiophene rings is 1. The molecule has 11 heteroatoms. The molecule has 8 nitrogen and oxygen atoms in total. The van der Waals surface area contributed by atoms with Gasteiger partial charge in [0, 0.05) is 35.3 Å². The first-order valence-corrected chi connectivity index (χ1v) is 10.7. The number of benzene rings is 2. The van der Waals surface area contributed by atoms with E-state index in [0.717, 1.165) is 16.2 Å². The maximum Gasteiger partial charge on any atom is 0.270 e. The van der Waals surface area contributed by atoms with Gasteiger partial charge in [-0.05, 0) is 12.1 Å². The molecule has 0 saturated carbocycles. The smallest absolute Gasteiger partial charge is 0.270 e. The zero-order valence-corrected chi connectivity index (χ0v) is 16.6. The molecule has 2 aromatic carbocycles. The van der Waals surface area contributed by atoms with Gasteiger partial charge in [-0.15, -0.1) is 11.3 Å². The first kappa shape index (κ1) is 20.2. The molecular formula is C17H14ClN3O5S2. The maximum atomic E-state index is 12.3. The standard InChI is InChI=1S/C17H14ClN3O5S2/c18-15-13-6-1-2-7-14(13)27-16(15)17(22)19-8-9-20-28(25,26)12-5-3-4-11(10-12)21(23)24/h1-7,10,20H,8-9H2,(H,19,22). The van der Waals surface area contributed by atoms with Crippen molar-refractivity contribution in [2.45, 2.75) is 4.90 Å². The van der Waals surface area contributed by atoms with Crippen LogP contribution in [-0.2, 0) is 10.0 Å². The van der Waals surface area contributed by atoms with Crippen molar-refractivity contribution in [2.24, 2.45) is 0 Å². The van der Waals surface area contributed by atoms with Crippen LogP contribution < -0.4 is 10.0 Å². The highest BCUT2D eigenvalue weighted by molar-refractivity contribution is 7.89. The lowest BCUT2D eigenvalue weighted by Crippen LogP contribution is -2.34. The summed E-state index contributed by atoms with van der Waals surface area (Å²) < 4.78 is 27.6. The summed E-state index contributed by atoms with van der Waals surface area (Å²) in [4.78, 5) is 22.5. The molecule has 1 amide bonds. The Morgan fingerprint density at radius 1 is 1.14 bits per heavy atom. The van der Waals surface area contributed by atoms with Gasteiger partial charge in [0.15, 0.2) is 0 Å². The second-order valence-corrected chi connectivity index (χ2v) is 8.85. The Kier molecular flexibility index (Phi) is 5.94. The molecule has 0 aliphatic heterocycles. The summed E-state index contributed by atoms with van der Waals surface area (Å²) in [7, 11) is -3.94. The molecule has 0 spiro atoms. The number of sulfonamides is 1. The Morgan fingerprint density at radius 3 is 2.61 bits per heavy atom. The number of nitro groups is 1. The number of nitrogens with one attached hydrogen (secondary N) is 2. The Morgan fingerprint density at radius 2 is 1.89 bits per heavy atom. The fourth-order valence-electron chi connectivity index (χ4n) is 2.45. The lowest BCUT2D eigenvalue weighted by molar-refractivity contribution is -0.385. The Labute approximate surface area is 169 Å². The largest absolute Gasteiger partial charge is 0.350 e. The molecule has 28 heavy (non-hydrogen) atoms. The average Bonchev–Trinajstić information content (AvgIpc) is 3.02. The third kappa shape index (κ3) is 4.30. The van der Waals surface area contributed by atoms with Crippen molar-refractivity contribution in [1.82, 2.24) is 10.0 Å². The number of nitro benzene ring substituents is 1. The molecule has 0 bridgehead atoms. The number of non-ortho nitro benzene ring substituents is 1. The summed E-state index contributed by atoms with van der Waals surface area (Å²) in [5, 5.41) is 14.5. The molecule has 2 N–H and O–H groups in total. The van der Waals surface area contributed by atoms with Crippen LogP contribution in [0.5, 0.6) is 0 Å². The summed E-state index contributed by atoms with van der Waals surface area (Å²) in [6.45, 7) is -0.0587. The zero-order valence-electron chi connectivity index (χ0n) is 14.2. The van der Waals surface area contributed by atoms with Crippen LogP contribution in [0, 0.1) is 10.1 Å². The Balaban J connectivity index is 1.60. The highest BCUT2D eigenvalue weighted by Crippen LogP contribution is 2.34. The SMILES string of the molecule is O=C(NCCNS(=O)(=O)c1cccc([N+](=O)[O-])c1)c1sc2ccccc2c1Cl. The van der Waals surface area contributed by atoms with Crippen molar-refractivity contribution < 1.29 is 18.1 Å². The minimum atomic E-state index is -3.94. The van der Waals surface area contributed by atoms with Gasteiger partial charge in [-0.1, -0.05) is 35.9 Å². The van der Waals surface area contributed by atoms with E-state index in [1.807, 2.05) is 24.3 Å². The van der Waals surface area contributed by atoms with Gasteiger partial charge < -0.3 is 5.32 Å². The van der Waals surface area contributed by atoms with Crippen LogP contribution >= 0.6 is 22.9 Å². The normalized spacial score (nSPS) is 11.5. The fraction of sp³-hybridized carbons (Fsp3) is 0.118. The van der Waals surface area contributed by atoms with Crippen LogP contribution in [0.3, 0.4) is 0 Å². The second-order valence-electron chi connectivity index (χ2n) is 5.65. The molecule has 0 unspecified atom stereocenters. The number of hydrogen-bond acceptors (Lipinski definition) is 6. The minimum absolute atomic E-state index is 0.0254. The number of nitrogens with zero attached hydrogens (tertiary/aromatic N) is 1. The van der Waals surface area contributed by atoms with Crippen molar-refractivity contribution in [3.63, 3.8) is 0 Å². The van der Waals surface area contributed by atoms with Gasteiger partial charge in [-0.2, -0.15) is 0 Å². The number of carbonyl (C=O) groups excluding carboxylic acids is 1. The van der Waals surface area contributed by atoms with Gasteiger partial charge >= 0.3 is 0 Å². The summed E-state index contributed by atoms with van der Waals surface area (Å²) >= 11 is 7.49. The Hall–Kier alpha value is -2.53. The first-order valence-electron chi connectivity index (χ1n) is 7.99. The molecule has 0 fully saturated rings. The van der Waals surface area contributed by atoms with E-state index in [4.69, 9.17) is 11.6 Å². The highest BCUT2D eigenvalue weighted by Gasteiger charge is 2.19. The van der Waals surface area contributed by atoms with E-state index < -0.39 is 20.9 Å². The molecule has 0 aliphatic rings. The van der Waals surface area contributed by atoms with Crippen molar-refractivity contribution in [3.05, 3.63) is 68.5 Å². The zero-order chi connectivity index (χ0) is 20.3. The van der Waals surface area contributed by atoms with Crippen LogP contribution in [0.4, 0.5) is 5.69 Å². The number of amides is 1. The second kappa shape index (κ2) is 8.23. The van der Waals surface area contributed by atoms with E-state index in [9.17, 15) is 23.3 Å². The van der Waals surface area contributed by atoms with Gasteiger partial charge in [0.1, 0.15) is 4.88 Å². The predicted octanol–water partition coefficient (Wildman–Crippen LogP) is 3.17. The maximum absolute atomic E-state index is 12.3. The van der Waals surface area contributed by atoms with Gasteiger partial charge in [0.2, 0.25) is 10.0 Å². The molecule has 1 heterocycles. The number of halogens is 1. The third-order valence-corrected chi connectivity index (χ3v) is 6.92. The quantitative estimate of drug-likeness (QED) is 0.333. The number of hydrogen-bond donors (Lipinski definition) is 2. The molecule has 0 saturated heterocycles. The van der Waals surface area contributed by atoms with Crippen LogP contribution in [0.2, 0.25) is 5.02 Å². The average molecular weight is 440 g/mol. The molecule has 146 valence electrons. The van der Waals surface area contributed by atoms with Crippen LogP contribution in [0.1, 0.15) is 9.67 Å². The number of fused-ring (bicyclic) bond motifs is 1. The van der Waals surface area contributed by atoms with Crippen molar-refractivity contribution in [3.8, 4) is 0 Å². The van der Waals surface area contributed by atoms with E-state index in [-0.39, 0.29) is 23.7 Å². The van der Waals surface area contributed by atoms with Crippen LogP contribution in [-0.4, -0.2) is 32.3 Å². The molecule has 3 rings (SSSR count). The summed E-state index contributed by atoms with van der Waals surface area (Å²) in [5.74, 6) is -0.402. The van der Waals surface area contributed by atoms with Gasteiger partial charge in [-0.3, -0.25) is 14.9 Å². The molecule has 3 aromatic rings. The van der Waals surface area contributed by atoms with Crippen molar-refractivity contribution in [1.29, 1.82) is 0 Å². The third-order valence-electron chi connectivity index (χ3n) is 3.78. The number of rotatable bonds is 7. The van der Waals surface area contributed by atoms with E-state index in [1.54, 1.807) is 0 Å². The Bertz CT molecular complexity index is 1160. The number of carbonyl (C=O) groups is 1. The molecule has 1 aromatic heterocycles. The van der Waals surface area contributed by atoms with Crippen molar-refractivity contribution in [2.75, 3.05) is 13.1 Å². The summed E-state index contributed by atoms with van der Waals surface area (Å²) in [6.07, 6.45) is 0. The first-order chi connectivity index (χ1) is 13.3. The van der Waals surface area contributed by atoms with Gasteiger partial charge in [0.05, 0.1) is 14.8 Å². The molecule has 0 radical (unpaired) electrons. The van der Waals surface area contributed by atoms with E-state index in [1.165, 1.54) is 29.5 Å². The van der Waals surface area contributed by atoms with E-state index in [2.05, 4.69) is 10.0 Å². The van der Waals surface area contributed by atoms with Gasteiger partial charge in [-0.25, -0.2) is 13.1 Å². The summed E-state index contributed by atoms with van der Waals surface area (Å²) in [6, 6.07) is 12.1. The van der Waals surface area contributed by atoms with Crippen molar-refractivity contribution >= 4 is 54.6 Å². The lowest BCUT2D eigenvalue weighted by Gasteiger charge is -2.08. The molecule has 0 atom stereocenters.